The third-order valence-corrected chi connectivity index (χ3v) is 5.49. The number of nitrogens with zero attached hydrogens (tertiary/aromatic N) is 1. The second-order valence-electron chi connectivity index (χ2n) is 6.16. The molecule has 0 saturated carbocycles. The summed E-state index contributed by atoms with van der Waals surface area (Å²) in [5.74, 6) is -0.981. The number of amides is 1. The van der Waals surface area contributed by atoms with Gasteiger partial charge in [0.25, 0.3) is 5.91 Å². The lowest BCUT2D eigenvalue weighted by Crippen LogP contribution is -2.30. The number of fused-ring (bicyclic) bond motifs is 1. The molecule has 1 amide bonds. The van der Waals surface area contributed by atoms with Gasteiger partial charge in [-0.15, -0.1) is 11.8 Å². The van der Waals surface area contributed by atoms with Crippen molar-refractivity contribution in [3.05, 3.63) is 71.2 Å². The zero-order chi connectivity index (χ0) is 20.8. The van der Waals surface area contributed by atoms with E-state index in [0.29, 0.717) is 16.3 Å². The fraction of sp³-hybridized carbons (Fsp3) is 0.136. The Hall–Kier alpha value is -3.01. The number of anilines is 1. The molecule has 0 fully saturated rings. The third kappa shape index (κ3) is 5.08. The van der Waals surface area contributed by atoms with E-state index >= 15 is 0 Å². The van der Waals surface area contributed by atoms with E-state index in [1.807, 2.05) is 36.4 Å². The Morgan fingerprint density at radius 3 is 2.62 bits per heavy atom. The van der Waals surface area contributed by atoms with Gasteiger partial charge in [0.15, 0.2) is 6.10 Å². The molecule has 3 aromatic carbocycles. The molecule has 146 valence electrons. The number of hydrogen-bond donors (Lipinski definition) is 1. The van der Waals surface area contributed by atoms with Crippen molar-refractivity contribution in [1.29, 1.82) is 5.26 Å². The fourth-order valence-corrected chi connectivity index (χ4v) is 3.96. The lowest BCUT2D eigenvalue weighted by molar-refractivity contribution is -0.150. The summed E-state index contributed by atoms with van der Waals surface area (Å²) in [6.45, 7) is 1.49. The summed E-state index contributed by atoms with van der Waals surface area (Å²) in [5.41, 5.74) is 0.713. The van der Waals surface area contributed by atoms with Gasteiger partial charge in [0, 0.05) is 15.3 Å². The molecule has 3 aromatic rings. The highest BCUT2D eigenvalue weighted by Crippen LogP contribution is 2.33. The summed E-state index contributed by atoms with van der Waals surface area (Å²) >= 11 is 7.60. The molecule has 1 atom stereocenters. The van der Waals surface area contributed by atoms with Gasteiger partial charge >= 0.3 is 5.97 Å². The highest BCUT2D eigenvalue weighted by molar-refractivity contribution is 8.00. The summed E-state index contributed by atoms with van der Waals surface area (Å²) in [5, 5.41) is 14.2. The molecule has 7 heteroatoms. The van der Waals surface area contributed by atoms with Gasteiger partial charge in [0.2, 0.25) is 0 Å². The van der Waals surface area contributed by atoms with Gasteiger partial charge in [-0.05, 0) is 36.6 Å². The van der Waals surface area contributed by atoms with Crippen LogP contribution in [0.25, 0.3) is 10.8 Å². The number of esters is 1. The second kappa shape index (κ2) is 9.46. The van der Waals surface area contributed by atoms with Crippen LogP contribution in [0.4, 0.5) is 5.69 Å². The van der Waals surface area contributed by atoms with E-state index in [-0.39, 0.29) is 5.75 Å². The van der Waals surface area contributed by atoms with Crippen LogP contribution in [0.5, 0.6) is 0 Å². The highest BCUT2D eigenvalue weighted by Gasteiger charge is 2.19. The van der Waals surface area contributed by atoms with Crippen molar-refractivity contribution in [2.75, 3.05) is 11.1 Å². The number of thioether (sulfide) groups is 1. The molecule has 1 unspecified atom stereocenters. The van der Waals surface area contributed by atoms with Crippen LogP contribution in [0.2, 0.25) is 5.02 Å². The molecular weight excluding hydrogens is 408 g/mol. The quantitative estimate of drug-likeness (QED) is 0.443. The maximum Gasteiger partial charge on any atom is 0.317 e. The van der Waals surface area contributed by atoms with Crippen LogP contribution >= 0.6 is 23.4 Å². The fourth-order valence-electron chi connectivity index (χ4n) is 2.73. The molecule has 29 heavy (non-hydrogen) atoms. The SMILES string of the molecule is CC(OC(=O)CSc1cccc2cccc(Cl)c12)C(=O)Nc1ccccc1C#N. The number of nitrogens with one attached hydrogen (secondary N) is 1. The monoisotopic (exact) mass is 424 g/mol. The van der Waals surface area contributed by atoms with E-state index in [1.165, 1.54) is 18.7 Å². The molecule has 5 nitrogen and oxygen atoms in total. The van der Waals surface area contributed by atoms with E-state index in [2.05, 4.69) is 5.32 Å². The van der Waals surface area contributed by atoms with Crippen LogP contribution in [-0.2, 0) is 14.3 Å². The average Bonchev–Trinajstić information content (AvgIpc) is 2.72. The summed E-state index contributed by atoms with van der Waals surface area (Å²) in [7, 11) is 0. The molecule has 0 aromatic heterocycles. The maximum atomic E-state index is 12.3. The Morgan fingerprint density at radius 1 is 1.14 bits per heavy atom. The van der Waals surface area contributed by atoms with Gasteiger partial charge in [-0.1, -0.05) is 48.0 Å². The molecule has 0 spiro atoms. The topological polar surface area (TPSA) is 79.2 Å². The summed E-state index contributed by atoms with van der Waals surface area (Å²) in [6, 6.07) is 20.0. The normalized spacial score (nSPS) is 11.5. The number of ether oxygens (including phenoxy) is 1. The Kier molecular flexibility index (Phi) is 6.76. The van der Waals surface area contributed by atoms with E-state index in [9.17, 15) is 9.59 Å². The molecule has 0 aliphatic rings. The first kappa shape index (κ1) is 20.7. The second-order valence-corrected chi connectivity index (χ2v) is 7.59. The summed E-state index contributed by atoms with van der Waals surface area (Å²) in [6.07, 6.45) is -0.994. The molecule has 0 aliphatic heterocycles. The standard InChI is InChI=1S/C22H17ClN2O3S/c1-14(22(27)25-18-10-3-2-6-16(18)12-24)28-20(26)13-29-19-11-5-8-15-7-4-9-17(23)21(15)19/h2-11,14H,13H2,1H3,(H,25,27). The van der Waals surface area contributed by atoms with Crippen molar-refractivity contribution in [1.82, 2.24) is 0 Å². The molecule has 1 N–H and O–H groups in total. The van der Waals surface area contributed by atoms with Gasteiger partial charge in [0.1, 0.15) is 6.07 Å². The maximum absolute atomic E-state index is 12.3. The zero-order valence-corrected chi connectivity index (χ0v) is 17.1. The van der Waals surface area contributed by atoms with Crippen molar-refractivity contribution in [2.45, 2.75) is 17.9 Å². The predicted octanol–water partition coefficient (Wildman–Crippen LogP) is 5.03. The first-order valence-electron chi connectivity index (χ1n) is 8.79. The van der Waals surface area contributed by atoms with Crippen LogP contribution in [0.1, 0.15) is 12.5 Å². The lowest BCUT2D eigenvalue weighted by atomic mass is 10.1. The highest BCUT2D eigenvalue weighted by atomic mass is 35.5. The number of rotatable bonds is 6. The largest absolute Gasteiger partial charge is 0.452 e. The predicted molar refractivity (Wildman–Crippen MR) is 115 cm³/mol. The number of benzene rings is 3. The number of carbonyl (C=O) groups excluding carboxylic acids is 2. The summed E-state index contributed by atoms with van der Waals surface area (Å²) < 4.78 is 5.23. The number of carbonyl (C=O) groups is 2. The Balaban J connectivity index is 1.60. The van der Waals surface area contributed by atoms with Crippen LogP contribution in [-0.4, -0.2) is 23.7 Å². The van der Waals surface area contributed by atoms with Crippen molar-refractivity contribution in [3.63, 3.8) is 0 Å². The van der Waals surface area contributed by atoms with Gasteiger partial charge < -0.3 is 10.1 Å². The van der Waals surface area contributed by atoms with Gasteiger partial charge in [-0.2, -0.15) is 5.26 Å². The minimum absolute atomic E-state index is 0.0384. The van der Waals surface area contributed by atoms with Crippen molar-refractivity contribution in [2.24, 2.45) is 0 Å². The number of nitriles is 1. The number of hydrogen-bond acceptors (Lipinski definition) is 5. The Labute approximate surface area is 177 Å². The smallest absolute Gasteiger partial charge is 0.317 e. The molecule has 0 saturated heterocycles. The first-order valence-corrected chi connectivity index (χ1v) is 10.2. The van der Waals surface area contributed by atoms with Gasteiger partial charge in [0.05, 0.1) is 17.0 Å². The Morgan fingerprint density at radius 2 is 1.86 bits per heavy atom. The summed E-state index contributed by atoms with van der Waals surface area (Å²) in [4.78, 5) is 25.4. The Bertz CT molecular complexity index is 1110. The molecule has 0 radical (unpaired) electrons. The first-order chi connectivity index (χ1) is 14.0. The van der Waals surface area contributed by atoms with Crippen LogP contribution in [0.3, 0.4) is 0 Å². The van der Waals surface area contributed by atoms with Crippen LogP contribution in [0, 0.1) is 11.3 Å². The van der Waals surface area contributed by atoms with E-state index in [4.69, 9.17) is 21.6 Å². The van der Waals surface area contributed by atoms with Crippen LogP contribution < -0.4 is 5.32 Å². The molecule has 3 rings (SSSR count). The van der Waals surface area contributed by atoms with Crippen molar-refractivity contribution in [3.8, 4) is 6.07 Å². The van der Waals surface area contributed by atoms with E-state index in [0.717, 1.165) is 15.7 Å². The minimum Gasteiger partial charge on any atom is -0.452 e. The van der Waals surface area contributed by atoms with Crippen LogP contribution in [0.15, 0.2) is 65.6 Å². The zero-order valence-electron chi connectivity index (χ0n) is 15.5. The average molecular weight is 425 g/mol. The molecule has 0 aliphatic carbocycles. The van der Waals surface area contributed by atoms with Gasteiger partial charge in [-0.25, -0.2) is 0 Å². The lowest BCUT2D eigenvalue weighted by Gasteiger charge is -2.14. The molecule has 0 bridgehead atoms. The van der Waals surface area contributed by atoms with E-state index in [1.54, 1.807) is 30.3 Å². The van der Waals surface area contributed by atoms with Crippen molar-refractivity contribution >= 4 is 51.7 Å². The number of para-hydroxylation sites is 1. The van der Waals surface area contributed by atoms with E-state index < -0.39 is 18.0 Å². The minimum atomic E-state index is -0.994. The van der Waals surface area contributed by atoms with Crippen molar-refractivity contribution < 1.29 is 14.3 Å². The molecule has 0 heterocycles. The number of halogens is 1. The van der Waals surface area contributed by atoms with Gasteiger partial charge in [-0.3, -0.25) is 9.59 Å². The third-order valence-electron chi connectivity index (χ3n) is 4.14. The molecular formula is C22H17ClN2O3S.